The molecule has 1 aliphatic rings. The van der Waals surface area contributed by atoms with Gasteiger partial charge in [-0.1, -0.05) is 0 Å². The molecule has 3 atom stereocenters. The summed E-state index contributed by atoms with van der Waals surface area (Å²) in [7, 11) is 0. The number of hydrogen-bond acceptors (Lipinski definition) is 7. The van der Waals surface area contributed by atoms with Gasteiger partial charge in [-0.05, 0) is 0 Å². The zero-order valence-electron chi connectivity index (χ0n) is 10.5. The van der Waals surface area contributed by atoms with E-state index in [0.29, 0.717) is 0 Å². The van der Waals surface area contributed by atoms with Gasteiger partial charge in [-0.15, -0.1) is 0 Å². The average Bonchev–Trinajstić information content (AvgIpc) is 2.19. The first-order chi connectivity index (χ1) is 8.38. The van der Waals surface area contributed by atoms with E-state index < -0.39 is 36.4 Å². The summed E-state index contributed by atoms with van der Waals surface area (Å²) in [6, 6.07) is 0. The molecule has 1 aliphatic heterocycles. The van der Waals surface area contributed by atoms with Gasteiger partial charge in [0.05, 0.1) is 13.0 Å². The summed E-state index contributed by atoms with van der Waals surface area (Å²) in [5.74, 6) is -1.49. The topological polar surface area (TPSA) is 88.1 Å². The van der Waals surface area contributed by atoms with E-state index in [9.17, 15) is 14.4 Å². The molecule has 18 heavy (non-hydrogen) atoms. The lowest BCUT2D eigenvalue weighted by Gasteiger charge is -2.34. The molecule has 7 heteroatoms. The van der Waals surface area contributed by atoms with Gasteiger partial charge in [-0.25, -0.2) is 0 Å². The molecule has 0 saturated carbocycles. The number of carbonyl (C=O) groups is 3. The molecule has 1 fully saturated rings. The Bertz CT molecular complexity index is 338. The highest BCUT2D eigenvalue weighted by Crippen LogP contribution is 2.21. The van der Waals surface area contributed by atoms with Crippen LogP contribution in [0.2, 0.25) is 0 Å². The van der Waals surface area contributed by atoms with E-state index in [1.165, 1.54) is 20.8 Å². The Morgan fingerprint density at radius 2 is 1.39 bits per heavy atom. The quantitative estimate of drug-likeness (QED) is 0.527. The van der Waals surface area contributed by atoms with E-state index in [1.54, 1.807) is 0 Å². The second-order valence-corrected chi connectivity index (χ2v) is 3.90. The predicted molar refractivity (Wildman–Crippen MR) is 57.2 cm³/mol. The lowest BCUT2D eigenvalue weighted by atomic mass is 10.1. The molecule has 0 aliphatic carbocycles. The smallest absolute Gasteiger partial charge is 0.304 e. The molecule has 102 valence electrons. The standard InChI is InChI=1S/C11H16O7/c1-6(12)16-9-4-11(18-8(3)14)15-5-10(9)17-7(2)13/h9-11H,4-5H2,1-3H3/t9-,10+,11-/m1/s1. The fourth-order valence-corrected chi connectivity index (χ4v) is 1.65. The monoisotopic (exact) mass is 260 g/mol. The lowest BCUT2D eigenvalue weighted by Crippen LogP contribution is -2.46. The lowest BCUT2D eigenvalue weighted by molar-refractivity contribution is -0.228. The summed E-state index contributed by atoms with van der Waals surface area (Å²) in [5.41, 5.74) is 0. The van der Waals surface area contributed by atoms with Crippen LogP contribution in [0.15, 0.2) is 0 Å². The van der Waals surface area contributed by atoms with Crippen molar-refractivity contribution in [2.24, 2.45) is 0 Å². The minimum absolute atomic E-state index is 0.00940. The van der Waals surface area contributed by atoms with Gasteiger partial charge in [0, 0.05) is 20.8 Å². The Morgan fingerprint density at radius 1 is 0.889 bits per heavy atom. The molecule has 0 unspecified atom stereocenters. The minimum Gasteiger partial charge on any atom is -0.458 e. The Balaban J connectivity index is 2.62. The van der Waals surface area contributed by atoms with Crippen molar-refractivity contribution in [1.82, 2.24) is 0 Å². The zero-order chi connectivity index (χ0) is 13.7. The number of esters is 3. The zero-order valence-corrected chi connectivity index (χ0v) is 10.5. The van der Waals surface area contributed by atoms with Gasteiger partial charge in [-0.2, -0.15) is 0 Å². The maximum absolute atomic E-state index is 11.0. The number of rotatable bonds is 3. The van der Waals surface area contributed by atoms with E-state index in [1.807, 2.05) is 0 Å². The molecule has 0 aromatic heterocycles. The molecule has 0 aromatic rings. The Morgan fingerprint density at radius 3 is 1.89 bits per heavy atom. The van der Waals surface area contributed by atoms with Crippen LogP contribution in [0, 0.1) is 0 Å². The first-order valence-electron chi connectivity index (χ1n) is 5.51. The van der Waals surface area contributed by atoms with Crippen LogP contribution >= 0.6 is 0 Å². The third kappa shape index (κ3) is 4.70. The molecule has 7 nitrogen and oxygen atoms in total. The van der Waals surface area contributed by atoms with Crippen LogP contribution in [-0.2, 0) is 33.3 Å². The number of hydrogen-bond donors (Lipinski definition) is 0. The van der Waals surface area contributed by atoms with Gasteiger partial charge < -0.3 is 18.9 Å². The van der Waals surface area contributed by atoms with E-state index in [2.05, 4.69) is 0 Å². The van der Waals surface area contributed by atoms with Crippen molar-refractivity contribution < 1.29 is 33.3 Å². The normalized spacial score (nSPS) is 27.2. The Hall–Kier alpha value is -1.63. The highest BCUT2D eigenvalue weighted by atomic mass is 16.7. The van der Waals surface area contributed by atoms with Crippen molar-refractivity contribution >= 4 is 17.9 Å². The van der Waals surface area contributed by atoms with Crippen LogP contribution in [-0.4, -0.2) is 43.0 Å². The maximum Gasteiger partial charge on any atom is 0.304 e. The van der Waals surface area contributed by atoms with Gasteiger partial charge in [-0.3, -0.25) is 14.4 Å². The fraction of sp³-hybridized carbons (Fsp3) is 0.727. The van der Waals surface area contributed by atoms with Crippen LogP contribution in [0.4, 0.5) is 0 Å². The molecular formula is C11H16O7. The SMILES string of the molecule is CC(=O)O[C@@H]1C[C@@H](OC(C)=O)[C@@H](OC(C)=O)CO1. The largest absolute Gasteiger partial charge is 0.458 e. The Kier molecular flexibility index (Phi) is 5.08. The van der Waals surface area contributed by atoms with Crippen LogP contribution < -0.4 is 0 Å². The van der Waals surface area contributed by atoms with Crippen LogP contribution in [0.1, 0.15) is 27.2 Å². The molecule has 0 radical (unpaired) electrons. The van der Waals surface area contributed by atoms with Crippen LogP contribution in [0.25, 0.3) is 0 Å². The summed E-state index contributed by atoms with van der Waals surface area (Å²) in [5, 5.41) is 0. The van der Waals surface area contributed by atoms with E-state index in [-0.39, 0.29) is 13.0 Å². The van der Waals surface area contributed by atoms with E-state index >= 15 is 0 Å². The molecular weight excluding hydrogens is 244 g/mol. The van der Waals surface area contributed by atoms with Gasteiger partial charge in [0.1, 0.15) is 6.10 Å². The van der Waals surface area contributed by atoms with Gasteiger partial charge in [0.25, 0.3) is 0 Å². The summed E-state index contributed by atoms with van der Waals surface area (Å²) in [4.78, 5) is 32.7. The molecule has 1 saturated heterocycles. The summed E-state index contributed by atoms with van der Waals surface area (Å²) < 4.78 is 20.1. The van der Waals surface area contributed by atoms with Crippen LogP contribution in [0.3, 0.4) is 0 Å². The number of carbonyl (C=O) groups excluding carboxylic acids is 3. The Labute approximate surface area is 104 Å². The van der Waals surface area contributed by atoms with Crippen molar-refractivity contribution in [2.45, 2.75) is 45.7 Å². The minimum atomic E-state index is -0.793. The first kappa shape index (κ1) is 14.4. The molecule has 0 spiro atoms. The number of ether oxygens (including phenoxy) is 4. The maximum atomic E-state index is 11.0. The van der Waals surface area contributed by atoms with E-state index in [4.69, 9.17) is 18.9 Å². The van der Waals surface area contributed by atoms with Crippen molar-refractivity contribution in [1.29, 1.82) is 0 Å². The highest BCUT2D eigenvalue weighted by molar-refractivity contribution is 5.67. The van der Waals surface area contributed by atoms with E-state index in [0.717, 1.165) is 0 Å². The first-order valence-corrected chi connectivity index (χ1v) is 5.51. The van der Waals surface area contributed by atoms with Crippen LogP contribution in [0.5, 0.6) is 0 Å². The summed E-state index contributed by atoms with van der Waals surface area (Å²) in [6.45, 7) is 3.77. The predicted octanol–water partition coefficient (Wildman–Crippen LogP) is 0.159. The second-order valence-electron chi connectivity index (χ2n) is 3.90. The summed E-state index contributed by atoms with van der Waals surface area (Å²) in [6.07, 6.45) is -2.02. The van der Waals surface area contributed by atoms with Crippen molar-refractivity contribution in [2.75, 3.05) is 6.61 Å². The van der Waals surface area contributed by atoms with Gasteiger partial charge >= 0.3 is 17.9 Å². The molecule has 1 rings (SSSR count). The fourth-order valence-electron chi connectivity index (χ4n) is 1.65. The third-order valence-corrected chi connectivity index (χ3v) is 2.22. The molecule has 0 amide bonds. The van der Waals surface area contributed by atoms with Crippen molar-refractivity contribution in [3.8, 4) is 0 Å². The van der Waals surface area contributed by atoms with Crippen molar-refractivity contribution in [3.63, 3.8) is 0 Å². The van der Waals surface area contributed by atoms with Gasteiger partial charge in [0.15, 0.2) is 6.10 Å². The second kappa shape index (κ2) is 6.34. The summed E-state index contributed by atoms with van der Waals surface area (Å²) >= 11 is 0. The molecule has 0 aromatic carbocycles. The molecule has 0 N–H and O–H groups in total. The average molecular weight is 260 g/mol. The van der Waals surface area contributed by atoms with Gasteiger partial charge in [0.2, 0.25) is 6.29 Å². The van der Waals surface area contributed by atoms with Crippen molar-refractivity contribution in [3.05, 3.63) is 0 Å². The highest BCUT2D eigenvalue weighted by Gasteiger charge is 2.37. The molecule has 0 bridgehead atoms. The molecule has 1 heterocycles. The third-order valence-electron chi connectivity index (χ3n) is 2.22.